The lowest BCUT2D eigenvalue weighted by atomic mass is 9.42. The van der Waals surface area contributed by atoms with Crippen LogP contribution in [-0.2, 0) is 20.4 Å². The topological polar surface area (TPSA) is 46.6 Å². The third kappa shape index (κ3) is 1.96. The molecule has 154 valence electrons. The smallest absolute Gasteiger partial charge is 0.238 e. The van der Waals surface area contributed by atoms with Gasteiger partial charge in [-0.2, -0.15) is 0 Å². The van der Waals surface area contributed by atoms with Crippen molar-refractivity contribution < 1.29 is 14.3 Å². The zero-order chi connectivity index (χ0) is 21.5. The lowest BCUT2D eigenvalue weighted by molar-refractivity contribution is -0.124. The lowest BCUT2D eigenvalue weighted by Gasteiger charge is -2.57. The number of anilines is 1. The second-order valence-corrected chi connectivity index (χ2v) is 9.16. The van der Waals surface area contributed by atoms with Crippen molar-refractivity contribution >= 4 is 17.5 Å². The van der Waals surface area contributed by atoms with Gasteiger partial charge in [0, 0.05) is 16.9 Å². The first kappa shape index (κ1) is 18.4. The number of ether oxygens (including phenoxy) is 1. The monoisotopic (exact) mass is 409 g/mol. The Hall–Kier alpha value is -3.40. The van der Waals surface area contributed by atoms with Gasteiger partial charge in [0.1, 0.15) is 5.75 Å². The van der Waals surface area contributed by atoms with Gasteiger partial charge >= 0.3 is 0 Å². The number of carbonyl (C=O) groups is 2. The molecule has 0 aromatic heterocycles. The van der Waals surface area contributed by atoms with Gasteiger partial charge in [0.25, 0.3) is 0 Å². The first-order chi connectivity index (χ1) is 14.9. The molecule has 1 heterocycles. The van der Waals surface area contributed by atoms with E-state index < -0.39 is 22.7 Å². The first-order valence-corrected chi connectivity index (χ1v) is 10.7. The number of carbonyl (C=O) groups excluding carboxylic acids is 2. The van der Waals surface area contributed by atoms with Crippen LogP contribution in [0, 0.1) is 11.8 Å². The second-order valence-electron chi connectivity index (χ2n) is 9.16. The molecule has 0 radical (unpaired) electrons. The van der Waals surface area contributed by atoms with Crippen molar-refractivity contribution in [3.8, 4) is 5.75 Å². The quantitative estimate of drug-likeness (QED) is 0.588. The molecule has 4 nitrogen and oxygen atoms in total. The van der Waals surface area contributed by atoms with E-state index in [1.165, 1.54) is 4.90 Å². The summed E-state index contributed by atoms with van der Waals surface area (Å²) in [7, 11) is 1.59. The minimum Gasteiger partial charge on any atom is -0.497 e. The summed E-state index contributed by atoms with van der Waals surface area (Å²) in [4.78, 5) is 29.3. The number of amides is 2. The lowest BCUT2D eigenvalue weighted by Crippen LogP contribution is -2.59. The van der Waals surface area contributed by atoms with E-state index in [0.717, 1.165) is 22.3 Å². The Bertz CT molecular complexity index is 1160. The molecule has 1 aliphatic heterocycles. The summed E-state index contributed by atoms with van der Waals surface area (Å²) in [6.07, 6.45) is 0. The van der Waals surface area contributed by atoms with Crippen LogP contribution in [-0.4, -0.2) is 18.9 Å². The molecule has 3 aromatic carbocycles. The molecule has 0 N–H and O–H groups in total. The van der Waals surface area contributed by atoms with Crippen LogP contribution in [0.2, 0.25) is 0 Å². The number of imide groups is 1. The molecule has 31 heavy (non-hydrogen) atoms. The van der Waals surface area contributed by atoms with E-state index >= 15 is 0 Å². The standard InChI is InChI=1S/C27H23NO3/c1-26-18-11-4-6-13-20(18)27(2,21-14-7-5-12-19(21)26)23-22(26)24(29)28(25(23)30)16-9-8-10-17(15-16)31-3/h4-15,22-23H,1-3H3/t22-,23-,26?,27?/m0/s1. The second kappa shape index (κ2) is 5.85. The van der Waals surface area contributed by atoms with Gasteiger partial charge in [0.2, 0.25) is 11.8 Å². The summed E-state index contributed by atoms with van der Waals surface area (Å²) in [5, 5.41) is 0. The number of benzene rings is 3. The molecule has 2 amide bonds. The van der Waals surface area contributed by atoms with Gasteiger partial charge in [-0.3, -0.25) is 9.59 Å². The van der Waals surface area contributed by atoms with Crippen LogP contribution in [0.5, 0.6) is 5.75 Å². The number of nitrogens with zero attached hydrogens (tertiary/aromatic N) is 1. The Morgan fingerprint density at radius 2 is 1.16 bits per heavy atom. The van der Waals surface area contributed by atoms with E-state index in [1.54, 1.807) is 13.2 Å². The van der Waals surface area contributed by atoms with Crippen LogP contribution < -0.4 is 9.64 Å². The highest BCUT2D eigenvalue weighted by Crippen LogP contribution is 2.66. The van der Waals surface area contributed by atoms with Crippen molar-refractivity contribution in [1.82, 2.24) is 0 Å². The summed E-state index contributed by atoms with van der Waals surface area (Å²) in [5.74, 6) is -0.510. The molecule has 0 unspecified atom stereocenters. The summed E-state index contributed by atoms with van der Waals surface area (Å²) in [6, 6.07) is 23.9. The zero-order valence-electron chi connectivity index (χ0n) is 17.8. The van der Waals surface area contributed by atoms with E-state index in [4.69, 9.17) is 4.74 Å². The zero-order valence-corrected chi connectivity index (χ0v) is 17.8. The summed E-state index contributed by atoms with van der Waals surface area (Å²) < 4.78 is 5.35. The molecular formula is C27H23NO3. The summed E-state index contributed by atoms with van der Waals surface area (Å²) >= 11 is 0. The molecule has 2 bridgehead atoms. The molecule has 1 saturated heterocycles. The van der Waals surface area contributed by atoms with Crippen molar-refractivity contribution in [2.24, 2.45) is 11.8 Å². The van der Waals surface area contributed by atoms with E-state index in [-0.39, 0.29) is 11.8 Å². The molecule has 4 heteroatoms. The minimum absolute atomic E-state index is 0.124. The highest BCUT2D eigenvalue weighted by molar-refractivity contribution is 6.24. The minimum atomic E-state index is -0.560. The van der Waals surface area contributed by atoms with Crippen LogP contribution in [0.1, 0.15) is 36.1 Å². The van der Waals surface area contributed by atoms with Gasteiger partial charge in [-0.1, -0.05) is 68.4 Å². The molecule has 7 rings (SSSR count). The number of methoxy groups -OCH3 is 1. The fourth-order valence-corrected chi connectivity index (χ4v) is 6.57. The van der Waals surface area contributed by atoms with Gasteiger partial charge in [-0.05, 0) is 34.4 Å². The van der Waals surface area contributed by atoms with Crippen LogP contribution in [0.25, 0.3) is 0 Å². The van der Waals surface area contributed by atoms with Gasteiger partial charge in [0.05, 0.1) is 24.6 Å². The van der Waals surface area contributed by atoms with Crippen molar-refractivity contribution in [3.05, 3.63) is 95.1 Å². The highest BCUT2D eigenvalue weighted by Gasteiger charge is 2.70. The molecule has 1 fully saturated rings. The summed E-state index contributed by atoms with van der Waals surface area (Å²) in [6.45, 7) is 4.28. The van der Waals surface area contributed by atoms with E-state index in [0.29, 0.717) is 11.4 Å². The van der Waals surface area contributed by atoms with Crippen molar-refractivity contribution in [2.45, 2.75) is 24.7 Å². The average Bonchev–Trinajstić information content (AvgIpc) is 3.08. The Morgan fingerprint density at radius 3 is 1.58 bits per heavy atom. The van der Waals surface area contributed by atoms with Gasteiger partial charge in [-0.25, -0.2) is 4.90 Å². The fourth-order valence-electron chi connectivity index (χ4n) is 6.57. The van der Waals surface area contributed by atoms with Crippen molar-refractivity contribution in [1.29, 1.82) is 0 Å². The van der Waals surface area contributed by atoms with E-state index in [9.17, 15) is 9.59 Å². The Labute approximate surface area is 181 Å². The average molecular weight is 409 g/mol. The maximum Gasteiger partial charge on any atom is 0.238 e. The SMILES string of the molecule is COc1cccc(N2C(=O)[C@@H]3[C@@H](C2=O)C2(C)c4ccccc4C3(C)c3ccccc32)c1. The van der Waals surface area contributed by atoms with E-state index in [1.807, 2.05) is 42.5 Å². The van der Waals surface area contributed by atoms with E-state index in [2.05, 4.69) is 38.1 Å². The molecule has 3 aromatic rings. The van der Waals surface area contributed by atoms with Crippen molar-refractivity contribution in [2.75, 3.05) is 12.0 Å². The number of hydrogen-bond acceptors (Lipinski definition) is 3. The molecule has 4 aliphatic rings. The molecule has 2 atom stereocenters. The fraction of sp³-hybridized carbons (Fsp3) is 0.259. The predicted molar refractivity (Wildman–Crippen MR) is 118 cm³/mol. The Morgan fingerprint density at radius 1 is 0.710 bits per heavy atom. The maximum atomic E-state index is 14.0. The molecule has 0 saturated carbocycles. The third-order valence-corrected chi connectivity index (χ3v) is 7.95. The van der Waals surface area contributed by atoms with Crippen LogP contribution >= 0.6 is 0 Å². The van der Waals surface area contributed by atoms with Crippen LogP contribution in [0.4, 0.5) is 5.69 Å². The number of hydrogen-bond donors (Lipinski definition) is 0. The van der Waals surface area contributed by atoms with Gasteiger partial charge in [-0.15, -0.1) is 0 Å². The van der Waals surface area contributed by atoms with Crippen LogP contribution in [0.15, 0.2) is 72.8 Å². The molecule has 3 aliphatic carbocycles. The summed E-state index contributed by atoms with van der Waals surface area (Å²) in [5.41, 5.74) is 4.09. The first-order valence-electron chi connectivity index (χ1n) is 10.7. The molecular weight excluding hydrogens is 386 g/mol. The maximum absolute atomic E-state index is 14.0. The Kier molecular flexibility index (Phi) is 3.47. The largest absolute Gasteiger partial charge is 0.497 e. The predicted octanol–water partition coefficient (Wildman–Crippen LogP) is 4.44. The number of rotatable bonds is 2. The van der Waals surface area contributed by atoms with Gasteiger partial charge in [0.15, 0.2) is 0 Å². The molecule has 0 spiro atoms. The normalized spacial score (nSPS) is 30.1. The Balaban J connectivity index is 1.64. The third-order valence-electron chi connectivity index (χ3n) is 7.95. The van der Waals surface area contributed by atoms with Gasteiger partial charge < -0.3 is 4.74 Å². The van der Waals surface area contributed by atoms with Crippen LogP contribution in [0.3, 0.4) is 0 Å². The van der Waals surface area contributed by atoms with Crippen molar-refractivity contribution in [3.63, 3.8) is 0 Å². The highest BCUT2D eigenvalue weighted by atomic mass is 16.5.